The molecule has 12 rings (SSSR count). The number of ether oxygens (including phenoxy) is 3. The van der Waals surface area contributed by atoms with Gasteiger partial charge in [-0.15, -0.1) is 0 Å². The van der Waals surface area contributed by atoms with Crippen LogP contribution in [-0.2, 0) is 40.4 Å². The van der Waals surface area contributed by atoms with Gasteiger partial charge in [-0.25, -0.2) is 8.42 Å². The highest BCUT2D eigenvalue weighted by atomic mass is 32.2. The number of anilines is 1. The molecule has 0 bridgehead atoms. The van der Waals surface area contributed by atoms with Crippen molar-refractivity contribution in [2.45, 2.75) is 228 Å². The summed E-state index contributed by atoms with van der Waals surface area (Å²) in [5, 5.41) is 64.6. The Hall–Kier alpha value is -3.97. The van der Waals surface area contributed by atoms with E-state index in [0.29, 0.717) is 113 Å². The van der Waals surface area contributed by atoms with Crippen molar-refractivity contribution in [1.29, 1.82) is 0 Å². The van der Waals surface area contributed by atoms with Crippen LogP contribution in [0.1, 0.15) is 155 Å². The van der Waals surface area contributed by atoms with Gasteiger partial charge in [0.15, 0.2) is 0 Å². The van der Waals surface area contributed by atoms with Crippen molar-refractivity contribution in [1.82, 2.24) is 96.0 Å². The van der Waals surface area contributed by atoms with Gasteiger partial charge in [0.25, 0.3) is 0 Å². The monoisotopic (exact) mass is 1770 g/mol. The number of likely N-dealkylation sites (N-methyl/N-ethyl adjacent to an activating group) is 5. The molecule has 5 aliphatic heterocycles. The number of nitrogens with one attached hydrogen (secondary N) is 12. The third-order valence-electron chi connectivity index (χ3n) is 23.5. The number of carbonyl (C=O) groups is 2. The Balaban J connectivity index is 0.000000457. The SMILES string of the molecule is CNC(=O)CCN1CCOCC1.CNC1CC(O)C(O)C1.CNC1CCC(OCCO)CC1.CNC1CCCCC1N.CNC1CCCCC1NCC(C)(C)C.CNC1CCN(C(=O)CN)C1.CNC1CCN(C)CC1.CNC1CCN(Cc2ccccc2)CC1.CNCCN(C)C.CNCCS(=O)(=O)N1CCOCC1.CNc1cccc2nsnc12. The Morgan fingerprint density at radius 2 is 1.14 bits per heavy atom. The molecule has 6 heterocycles. The normalized spacial score (nSPS) is 24.2. The minimum Gasteiger partial charge on any atom is -0.394 e. The average Bonchev–Trinajstić information content (AvgIpc) is 1.65. The molecule has 3 aromatic rings. The van der Waals surface area contributed by atoms with Gasteiger partial charge in [-0.05, 0) is 230 Å². The van der Waals surface area contributed by atoms with E-state index in [0.717, 1.165) is 120 Å². The lowest BCUT2D eigenvalue weighted by atomic mass is 9.89. The van der Waals surface area contributed by atoms with Gasteiger partial charge in [0.2, 0.25) is 21.8 Å². The van der Waals surface area contributed by atoms with Gasteiger partial charge in [0, 0.05) is 153 Å². The molecule has 7 unspecified atom stereocenters. The minimum absolute atomic E-state index is 0.0581. The number of carbonyl (C=O) groups excluding carboxylic acids is 2. The van der Waals surface area contributed by atoms with E-state index in [-0.39, 0.29) is 30.7 Å². The minimum atomic E-state index is -3.05. The second kappa shape index (κ2) is 70.0. The van der Waals surface area contributed by atoms with Crippen molar-refractivity contribution >= 4 is 50.3 Å². The summed E-state index contributed by atoms with van der Waals surface area (Å²) in [4.78, 5) is 33.1. The molecule has 4 aliphatic carbocycles. The number of fused-ring (bicyclic) bond motifs is 1. The molecule has 5 saturated heterocycles. The number of hydrogen-bond donors (Lipinski definition) is 17. The molecule has 4 saturated carbocycles. The van der Waals surface area contributed by atoms with E-state index in [1.807, 2.05) is 60.5 Å². The number of piperidine rings is 2. The summed E-state index contributed by atoms with van der Waals surface area (Å²) in [5.74, 6) is 0.341. The first-order chi connectivity index (χ1) is 58.6. The number of aromatic nitrogens is 2. The topological polar surface area (TPSA) is 398 Å². The number of aliphatic hydroxyl groups is 3. The van der Waals surface area contributed by atoms with Gasteiger partial charge in [0.1, 0.15) is 11.0 Å². The van der Waals surface area contributed by atoms with E-state index in [1.165, 1.54) is 138 Å². The van der Waals surface area contributed by atoms with Crippen LogP contribution >= 0.6 is 11.7 Å². The molecule has 0 spiro atoms. The molecular weight excluding hydrogens is 1590 g/mol. The molecular formula is C88H178N22O10S2. The van der Waals surface area contributed by atoms with Crippen molar-refractivity contribution in [3.63, 3.8) is 0 Å². The predicted molar refractivity (Wildman–Crippen MR) is 506 cm³/mol. The maximum atomic E-state index is 11.6. The zero-order valence-corrected chi connectivity index (χ0v) is 80.5. The second-order valence-corrected chi connectivity index (χ2v) is 37.0. The molecule has 32 nitrogen and oxygen atoms in total. The number of amides is 2. The molecule has 0 radical (unpaired) electrons. The fraction of sp³-hybridized carbons (Fsp3) is 0.841. The quantitative estimate of drug-likeness (QED) is 0.0549. The summed E-state index contributed by atoms with van der Waals surface area (Å²) >= 11 is 1.24. The molecule has 122 heavy (non-hydrogen) atoms. The maximum Gasteiger partial charge on any atom is 0.236 e. The molecule has 712 valence electrons. The van der Waals surface area contributed by atoms with Crippen molar-refractivity contribution in [3.8, 4) is 0 Å². The van der Waals surface area contributed by atoms with Crippen molar-refractivity contribution in [2.75, 3.05) is 254 Å². The van der Waals surface area contributed by atoms with Gasteiger partial charge in [-0.3, -0.25) is 19.4 Å². The first-order valence-electron chi connectivity index (χ1n) is 45.7. The summed E-state index contributed by atoms with van der Waals surface area (Å²) in [6, 6.07) is 22.0. The molecule has 9 aliphatic rings. The van der Waals surface area contributed by atoms with Gasteiger partial charge in [-0.2, -0.15) is 13.1 Å². The highest BCUT2D eigenvalue weighted by molar-refractivity contribution is 7.89. The summed E-state index contributed by atoms with van der Waals surface area (Å²) in [7, 11) is 24.5. The Bertz CT molecular complexity index is 3060. The Kier molecular flexibility index (Phi) is 65.5. The van der Waals surface area contributed by atoms with Crippen molar-refractivity contribution in [2.24, 2.45) is 16.9 Å². The van der Waals surface area contributed by atoms with E-state index in [1.54, 1.807) is 19.0 Å². The molecule has 2 aromatic carbocycles. The molecule has 7 atom stereocenters. The molecule has 9 fully saturated rings. The molecule has 34 heteroatoms. The Morgan fingerprint density at radius 1 is 0.607 bits per heavy atom. The Morgan fingerprint density at radius 3 is 1.61 bits per heavy atom. The molecule has 1 aromatic heterocycles. The average molecular weight is 1770 g/mol. The smallest absolute Gasteiger partial charge is 0.236 e. The summed E-state index contributed by atoms with van der Waals surface area (Å²) in [6.45, 7) is 25.6. The fourth-order valence-electron chi connectivity index (χ4n) is 15.3. The van der Waals surface area contributed by atoms with E-state index < -0.39 is 22.2 Å². The van der Waals surface area contributed by atoms with Crippen LogP contribution in [0, 0.1) is 5.41 Å². The summed E-state index contributed by atoms with van der Waals surface area (Å²) in [6.07, 6.45) is 22.8. The largest absolute Gasteiger partial charge is 0.394 e. The van der Waals surface area contributed by atoms with Gasteiger partial charge < -0.3 is 119 Å². The fourth-order valence-corrected chi connectivity index (χ4v) is 17.2. The number of morpholine rings is 2. The van der Waals surface area contributed by atoms with E-state index >= 15 is 0 Å². The second-order valence-electron chi connectivity index (χ2n) is 34.4. The number of likely N-dealkylation sites (tertiary alicyclic amines) is 3. The molecule has 2 amide bonds. The first-order valence-corrected chi connectivity index (χ1v) is 48.1. The number of sulfonamides is 1. The number of benzene rings is 2. The van der Waals surface area contributed by atoms with Crippen LogP contribution < -0.4 is 75.3 Å². The Labute approximate surface area is 743 Å². The van der Waals surface area contributed by atoms with Crippen LogP contribution in [0.4, 0.5) is 5.69 Å². The number of nitrogens with two attached hydrogens (primary N) is 2. The van der Waals surface area contributed by atoms with Crippen LogP contribution in [0.2, 0.25) is 0 Å². The van der Waals surface area contributed by atoms with Crippen LogP contribution in [0.25, 0.3) is 11.0 Å². The third-order valence-corrected chi connectivity index (χ3v) is 25.9. The highest BCUT2D eigenvalue weighted by Crippen LogP contribution is 2.24. The van der Waals surface area contributed by atoms with E-state index in [4.69, 9.17) is 41.0 Å². The lowest BCUT2D eigenvalue weighted by Crippen LogP contribution is -2.50. The van der Waals surface area contributed by atoms with Crippen LogP contribution in [0.5, 0.6) is 0 Å². The zero-order chi connectivity index (χ0) is 90.4. The van der Waals surface area contributed by atoms with Crippen molar-refractivity contribution < 1.29 is 47.5 Å². The number of rotatable bonds is 26. The number of nitrogens with zero attached hydrogens (tertiary/aromatic N) is 8. The lowest BCUT2D eigenvalue weighted by molar-refractivity contribution is -0.128. The van der Waals surface area contributed by atoms with E-state index in [9.17, 15) is 18.0 Å². The van der Waals surface area contributed by atoms with E-state index in [2.05, 4.69) is 186 Å². The number of aliphatic hydroxyl groups excluding tert-OH is 3. The van der Waals surface area contributed by atoms with Crippen molar-refractivity contribution in [3.05, 3.63) is 54.1 Å². The van der Waals surface area contributed by atoms with Crippen LogP contribution in [0.15, 0.2) is 48.5 Å². The first kappa shape index (κ1) is 114. The van der Waals surface area contributed by atoms with Gasteiger partial charge >= 0.3 is 0 Å². The van der Waals surface area contributed by atoms with Gasteiger partial charge in [0.05, 0.1) is 87.7 Å². The third kappa shape index (κ3) is 52.5. The lowest BCUT2D eigenvalue weighted by Gasteiger charge is -2.34. The summed E-state index contributed by atoms with van der Waals surface area (Å²) in [5.41, 5.74) is 15.8. The summed E-state index contributed by atoms with van der Waals surface area (Å²) < 4.78 is 48.6. The maximum absolute atomic E-state index is 11.6. The zero-order valence-electron chi connectivity index (χ0n) is 78.9. The van der Waals surface area contributed by atoms with Gasteiger partial charge in [-0.1, -0.05) is 82.9 Å². The highest BCUT2D eigenvalue weighted by Gasteiger charge is 2.31. The standard InChI is InChI=1S/C13H20N2.C12H26N2.C9H19NO2.C8H16N2O2.C7H15N3O.C7H7N3S.C7H16N2O3S.2C7H16N2.C6H13NO2.C5H14N2/c1-14-13-7-9-15(10-8-13)11-12-5-3-2-4-6-12;1-12(2,3)9-14-11-8-6-5-7-10(11)13-4;1-10-8-2-4-9(5-3-8)12-7-6-11;1-9-8(11)2-3-10-4-6-12-7-5-10;1-9-6-2-3-10(5-6)7(11)4-8;1-8-5-3-2-4-6-7(5)10-11-9-6;1-8-2-7-13(10,11)9-3-5-12-6-4-9;1-8-7-3-5-9(2)6-4-7;1-9-7-5-3-2-4-6(7)8;1-7-4-2-5(8)6(9)3-4;1-6-4-5-7(2)3/h2-6,13-14H,7-11H2,1H3;10-11,13-14H,5-9H2,1-4H3;8-11H,2-7H2,1H3;2-7H2,1H3,(H,9,11);6,9H,2-5,8H2,1H3;2-4,8H,1H3;8H,2-7H2,1H3;7-8H,3-6H2,1-2H3;6-7,9H,2-5,8H2,1H3;4-9H,2-3H2,1H3;6H,4-5H2,1-3H3. The predicted octanol–water partition coefficient (Wildman–Crippen LogP) is 3.00. The number of hydrogen-bond acceptors (Lipinski definition) is 30. The van der Waals surface area contributed by atoms with Crippen LogP contribution in [-0.4, -0.2) is 395 Å². The van der Waals surface area contributed by atoms with Crippen LogP contribution in [0.3, 0.4) is 0 Å². The molecule has 19 N–H and O–H groups in total.